The second kappa shape index (κ2) is 6.05. The molecule has 18 heavy (non-hydrogen) atoms. The van der Waals surface area contributed by atoms with Gasteiger partial charge in [0.1, 0.15) is 0 Å². The summed E-state index contributed by atoms with van der Waals surface area (Å²) >= 11 is 1.23. The van der Waals surface area contributed by atoms with Gasteiger partial charge in [0.2, 0.25) is 5.91 Å². The van der Waals surface area contributed by atoms with Crippen LogP contribution in [0.3, 0.4) is 0 Å². The Morgan fingerprint density at radius 3 is 2.50 bits per heavy atom. The molecule has 4 N–H and O–H groups in total. The standard InChI is InChI=1S/C10H19N5O2S/c1-5(2)7(8(16)12-11)18-10-14-13-9(17)15(10)6(3)4/h5-7H,11H2,1-4H3,(H,12,16)(H,13,17). The summed E-state index contributed by atoms with van der Waals surface area (Å²) in [4.78, 5) is 23.2. The van der Waals surface area contributed by atoms with Gasteiger partial charge in [-0.3, -0.25) is 14.8 Å². The number of amides is 1. The van der Waals surface area contributed by atoms with Crippen molar-refractivity contribution in [2.45, 2.75) is 44.1 Å². The van der Waals surface area contributed by atoms with Crippen LogP contribution >= 0.6 is 11.8 Å². The largest absolute Gasteiger partial charge is 0.344 e. The molecule has 0 aliphatic rings. The fraction of sp³-hybridized carbons (Fsp3) is 0.700. The normalized spacial score (nSPS) is 13.1. The summed E-state index contributed by atoms with van der Waals surface area (Å²) in [5.41, 5.74) is 1.86. The number of aromatic amines is 1. The summed E-state index contributed by atoms with van der Waals surface area (Å²) in [6, 6.07) is -0.0208. The van der Waals surface area contributed by atoms with E-state index in [9.17, 15) is 9.59 Å². The molecule has 0 saturated heterocycles. The van der Waals surface area contributed by atoms with Gasteiger partial charge in [-0.1, -0.05) is 25.6 Å². The molecule has 1 heterocycles. The third-order valence-corrected chi connectivity index (χ3v) is 3.94. The minimum atomic E-state index is -0.386. The predicted octanol–water partition coefficient (Wildman–Crippen LogP) is 0.259. The van der Waals surface area contributed by atoms with Crippen LogP contribution in [-0.4, -0.2) is 25.9 Å². The topological polar surface area (TPSA) is 106 Å². The van der Waals surface area contributed by atoms with Crippen LogP contribution in [0, 0.1) is 5.92 Å². The highest BCUT2D eigenvalue weighted by molar-refractivity contribution is 8.00. The molecular formula is C10H19N5O2S. The lowest BCUT2D eigenvalue weighted by Gasteiger charge is -2.18. The molecule has 0 spiro atoms. The van der Waals surface area contributed by atoms with Gasteiger partial charge in [0.25, 0.3) is 0 Å². The van der Waals surface area contributed by atoms with E-state index in [-0.39, 0.29) is 28.8 Å². The lowest BCUT2D eigenvalue weighted by molar-refractivity contribution is -0.121. The van der Waals surface area contributed by atoms with Crippen LogP contribution in [0.2, 0.25) is 0 Å². The summed E-state index contributed by atoms with van der Waals surface area (Å²) in [7, 11) is 0. The summed E-state index contributed by atoms with van der Waals surface area (Å²) < 4.78 is 1.52. The Morgan fingerprint density at radius 2 is 2.06 bits per heavy atom. The predicted molar refractivity (Wildman–Crippen MR) is 70.0 cm³/mol. The molecule has 1 amide bonds. The number of carbonyl (C=O) groups is 1. The quantitative estimate of drug-likeness (QED) is 0.309. The highest BCUT2D eigenvalue weighted by Crippen LogP contribution is 2.27. The maximum atomic E-state index is 11.7. The second-order valence-corrected chi connectivity index (χ2v) is 5.67. The average Bonchev–Trinajstić information content (AvgIpc) is 2.65. The molecule has 0 aliphatic heterocycles. The summed E-state index contributed by atoms with van der Waals surface area (Å²) in [6.45, 7) is 7.59. The number of aromatic nitrogens is 3. The van der Waals surface area contributed by atoms with E-state index in [1.165, 1.54) is 16.3 Å². The molecule has 0 aliphatic carbocycles. The molecule has 8 heteroatoms. The molecule has 0 fully saturated rings. The van der Waals surface area contributed by atoms with Crippen LogP contribution in [0.25, 0.3) is 0 Å². The van der Waals surface area contributed by atoms with Crippen molar-refractivity contribution in [3.8, 4) is 0 Å². The zero-order valence-electron chi connectivity index (χ0n) is 10.9. The minimum absolute atomic E-state index is 0.0208. The minimum Gasteiger partial charge on any atom is -0.293 e. The van der Waals surface area contributed by atoms with Gasteiger partial charge in [-0.05, 0) is 19.8 Å². The summed E-state index contributed by atoms with van der Waals surface area (Å²) in [6.07, 6.45) is 0. The van der Waals surface area contributed by atoms with Crippen molar-refractivity contribution in [3.05, 3.63) is 10.5 Å². The maximum absolute atomic E-state index is 11.7. The Hall–Kier alpha value is -1.28. The Labute approximate surface area is 109 Å². The number of hydrazine groups is 1. The first kappa shape index (κ1) is 14.8. The zero-order chi connectivity index (χ0) is 13.9. The molecule has 1 aromatic heterocycles. The van der Waals surface area contributed by atoms with Gasteiger partial charge in [-0.15, -0.1) is 5.10 Å². The van der Waals surface area contributed by atoms with Crippen LogP contribution in [0.1, 0.15) is 33.7 Å². The third kappa shape index (κ3) is 3.14. The van der Waals surface area contributed by atoms with Crippen molar-refractivity contribution in [3.63, 3.8) is 0 Å². The molecule has 0 saturated carbocycles. The smallest absolute Gasteiger partial charge is 0.293 e. The van der Waals surface area contributed by atoms with E-state index < -0.39 is 0 Å². The third-order valence-electron chi connectivity index (χ3n) is 2.43. The highest BCUT2D eigenvalue weighted by atomic mass is 32.2. The van der Waals surface area contributed by atoms with E-state index in [4.69, 9.17) is 5.84 Å². The van der Waals surface area contributed by atoms with E-state index in [0.717, 1.165) is 0 Å². The zero-order valence-corrected chi connectivity index (χ0v) is 11.7. The van der Waals surface area contributed by atoms with E-state index in [0.29, 0.717) is 5.16 Å². The number of carbonyl (C=O) groups excluding carboxylic acids is 1. The van der Waals surface area contributed by atoms with E-state index in [2.05, 4.69) is 15.6 Å². The second-order valence-electron chi connectivity index (χ2n) is 4.57. The first-order valence-corrected chi connectivity index (χ1v) is 6.60. The molecule has 102 valence electrons. The Morgan fingerprint density at radius 1 is 1.44 bits per heavy atom. The molecule has 0 aromatic carbocycles. The molecule has 1 rings (SSSR count). The summed E-state index contributed by atoms with van der Waals surface area (Å²) in [5.74, 6) is 4.96. The number of nitrogens with one attached hydrogen (secondary N) is 2. The van der Waals surface area contributed by atoms with Crippen LogP contribution < -0.4 is 17.0 Å². The molecule has 1 atom stereocenters. The van der Waals surface area contributed by atoms with Crippen molar-refractivity contribution in [1.82, 2.24) is 20.2 Å². The Bertz CT molecular complexity index is 465. The maximum Gasteiger partial charge on any atom is 0.344 e. The Kier molecular flexibility index (Phi) is 4.97. The van der Waals surface area contributed by atoms with E-state index in [1.807, 2.05) is 27.7 Å². The number of nitrogens with two attached hydrogens (primary N) is 1. The number of rotatable bonds is 5. The van der Waals surface area contributed by atoms with Gasteiger partial charge in [0, 0.05) is 6.04 Å². The monoisotopic (exact) mass is 273 g/mol. The van der Waals surface area contributed by atoms with Crippen molar-refractivity contribution in [2.75, 3.05) is 0 Å². The SMILES string of the molecule is CC(C)C(Sc1n[nH]c(=O)n1C(C)C)C(=O)NN. The average molecular weight is 273 g/mol. The number of hydrogen-bond donors (Lipinski definition) is 3. The lowest BCUT2D eigenvalue weighted by Crippen LogP contribution is -2.40. The lowest BCUT2D eigenvalue weighted by atomic mass is 10.1. The molecule has 0 radical (unpaired) electrons. The molecular weight excluding hydrogens is 254 g/mol. The van der Waals surface area contributed by atoms with Crippen molar-refractivity contribution < 1.29 is 4.79 Å². The van der Waals surface area contributed by atoms with Crippen LogP contribution in [0.4, 0.5) is 0 Å². The molecule has 7 nitrogen and oxygen atoms in total. The van der Waals surface area contributed by atoms with Gasteiger partial charge in [0.05, 0.1) is 5.25 Å². The number of nitrogens with zero attached hydrogens (tertiary/aromatic N) is 2. The molecule has 1 aromatic rings. The van der Waals surface area contributed by atoms with E-state index in [1.54, 1.807) is 0 Å². The van der Waals surface area contributed by atoms with Crippen molar-refractivity contribution >= 4 is 17.7 Å². The van der Waals surface area contributed by atoms with Gasteiger partial charge in [-0.25, -0.2) is 15.7 Å². The fourth-order valence-corrected chi connectivity index (χ4v) is 2.70. The van der Waals surface area contributed by atoms with Crippen molar-refractivity contribution in [2.24, 2.45) is 11.8 Å². The van der Waals surface area contributed by atoms with Crippen molar-refractivity contribution in [1.29, 1.82) is 0 Å². The van der Waals surface area contributed by atoms with Crippen LogP contribution in [0.5, 0.6) is 0 Å². The molecule has 0 bridgehead atoms. The van der Waals surface area contributed by atoms with Gasteiger partial charge >= 0.3 is 5.69 Å². The molecule has 1 unspecified atom stereocenters. The summed E-state index contributed by atoms with van der Waals surface area (Å²) in [5, 5.41) is 6.45. The van der Waals surface area contributed by atoms with Gasteiger partial charge in [0.15, 0.2) is 5.16 Å². The Balaban J connectivity index is 3.01. The highest BCUT2D eigenvalue weighted by Gasteiger charge is 2.26. The number of thioether (sulfide) groups is 1. The first-order valence-electron chi connectivity index (χ1n) is 5.72. The van der Waals surface area contributed by atoms with Gasteiger partial charge < -0.3 is 0 Å². The number of hydrogen-bond acceptors (Lipinski definition) is 5. The van der Waals surface area contributed by atoms with Crippen LogP contribution in [0.15, 0.2) is 9.95 Å². The number of H-pyrrole nitrogens is 1. The van der Waals surface area contributed by atoms with E-state index >= 15 is 0 Å². The first-order chi connectivity index (χ1) is 8.38. The fourth-order valence-electron chi connectivity index (χ4n) is 1.52. The van der Waals surface area contributed by atoms with Gasteiger partial charge in [-0.2, -0.15) is 0 Å². The van der Waals surface area contributed by atoms with Crippen LogP contribution in [-0.2, 0) is 4.79 Å².